The van der Waals surface area contributed by atoms with Crippen LogP contribution in [-0.4, -0.2) is 27.1 Å². The molecule has 0 amide bonds. The molecule has 0 saturated carbocycles. The Labute approximate surface area is 153 Å². The number of aryl methyl sites for hydroxylation is 3. The number of anilines is 1. The molecule has 0 radical (unpaired) electrons. The largest absolute Gasteiger partial charge is 0.384 e. The second kappa shape index (κ2) is 6.90. The Morgan fingerprint density at radius 1 is 1.19 bits per heavy atom. The fourth-order valence-electron chi connectivity index (χ4n) is 3.71. The van der Waals surface area contributed by atoms with Crippen LogP contribution < -0.4 is 5.32 Å². The minimum absolute atomic E-state index is 0.0748. The van der Waals surface area contributed by atoms with Gasteiger partial charge in [-0.2, -0.15) is 5.10 Å². The average Bonchev–Trinajstić information content (AvgIpc) is 3.02. The first kappa shape index (κ1) is 16.8. The van der Waals surface area contributed by atoms with E-state index in [1.807, 2.05) is 29.1 Å². The minimum Gasteiger partial charge on any atom is -0.384 e. The number of unbranched alkanes of at least 4 members (excludes halogenated alkanes) is 1. The van der Waals surface area contributed by atoms with Gasteiger partial charge < -0.3 is 5.32 Å². The number of hydrogen-bond donors (Lipinski definition) is 1. The van der Waals surface area contributed by atoms with Crippen LogP contribution >= 0.6 is 0 Å². The Morgan fingerprint density at radius 3 is 2.85 bits per heavy atom. The van der Waals surface area contributed by atoms with E-state index in [9.17, 15) is 4.79 Å². The van der Waals surface area contributed by atoms with Crippen LogP contribution in [0.5, 0.6) is 0 Å². The lowest BCUT2D eigenvalue weighted by molar-refractivity contribution is 0.103. The van der Waals surface area contributed by atoms with E-state index in [0.717, 1.165) is 77.9 Å². The molecule has 1 aromatic carbocycles. The lowest BCUT2D eigenvalue weighted by Gasteiger charge is -2.15. The fourth-order valence-corrected chi connectivity index (χ4v) is 3.71. The highest BCUT2D eigenvalue weighted by molar-refractivity contribution is 6.17. The third kappa shape index (κ3) is 2.68. The van der Waals surface area contributed by atoms with Gasteiger partial charge >= 0.3 is 0 Å². The highest BCUT2D eigenvalue weighted by Gasteiger charge is 2.27. The molecule has 0 spiro atoms. The summed E-state index contributed by atoms with van der Waals surface area (Å²) < 4.78 is 1.91. The molecule has 0 unspecified atom stereocenters. The van der Waals surface area contributed by atoms with E-state index >= 15 is 0 Å². The molecule has 0 bridgehead atoms. The van der Waals surface area contributed by atoms with Crippen molar-refractivity contribution in [3.63, 3.8) is 0 Å². The number of ketones is 1. The third-order valence-electron chi connectivity index (χ3n) is 5.11. The number of pyridine rings is 1. The molecule has 134 valence electrons. The Bertz CT molecular complexity index is 974. The molecule has 4 rings (SSSR count). The summed E-state index contributed by atoms with van der Waals surface area (Å²) in [5, 5.41) is 8.94. The first-order valence-electron chi connectivity index (χ1n) is 9.49. The smallest absolute Gasteiger partial charge is 0.197 e. The standard InChI is InChI=1S/C21H24N4O/c1-3-5-12-22-19-16-13-23-25(4-2)21(16)24-17-11-10-14-8-6-7-9-15(14)20(26)18(17)19/h6-9,13H,3-5,10-12H2,1-2H3,(H,22,24). The number of fused-ring (bicyclic) bond motifs is 3. The molecular weight excluding hydrogens is 324 g/mol. The van der Waals surface area contributed by atoms with Crippen LogP contribution in [0.3, 0.4) is 0 Å². The van der Waals surface area contributed by atoms with Gasteiger partial charge in [-0.3, -0.25) is 4.79 Å². The highest BCUT2D eigenvalue weighted by Crippen LogP contribution is 2.34. The Hall–Kier alpha value is -2.69. The predicted octanol–water partition coefficient (Wildman–Crippen LogP) is 3.99. The SMILES string of the molecule is CCCCNc1c2c(nc3c1cnn3CC)CCc1ccccc1C2=O. The van der Waals surface area contributed by atoms with Crippen molar-refractivity contribution >= 4 is 22.5 Å². The summed E-state index contributed by atoms with van der Waals surface area (Å²) in [6.07, 6.45) is 5.61. The topological polar surface area (TPSA) is 59.8 Å². The number of carbonyl (C=O) groups excluding carboxylic acids is 1. The molecule has 5 heteroatoms. The zero-order valence-electron chi connectivity index (χ0n) is 15.4. The van der Waals surface area contributed by atoms with Gasteiger partial charge in [-0.25, -0.2) is 9.67 Å². The maximum Gasteiger partial charge on any atom is 0.197 e. The van der Waals surface area contributed by atoms with Gasteiger partial charge in [0.15, 0.2) is 11.4 Å². The van der Waals surface area contributed by atoms with E-state index in [-0.39, 0.29) is 5.78 Å². The van der Waals surface area contributed by atoms with Gasteiger partial charge in [0.1, 0.15) is 0 Å². The molecule has 0 saturated heterocycles. The van der Waals surface area contributed by atoms with Crippen LogP contribution in [0.15, 0.2) is 30.5 Å². The van der Waals surface area contributed by atoms with E-state index in [2.05, 4.69) is 30.3 Å². The van der Waals surface area contributed by atoms with Crippen molar-refractivity contribution in [1.29, 1.82) is 0 Å². The summed E-state index contributed by atoms with van der Waals surface area (Å²) in [5.74, 6) is 0.0748. The molecule has 5 nitrogen and oxygen atoms in total. The van der Waals surface area contributed by atoms with Crippen molar-refractivity contribution in [3.8, 4) is 0 Å². The van der Waals surface area contributed by atoms with Gasteiger partial charge in [-0.1, -0.05) is 37.6 Å². The normalized spacial score (nSPS) is 13.4. The Morgan fingerprint density at radius 2 is 2.04 bits per heavy atom. The van der Waals surface area contributed by atoms with Crippen molar-refractivity contribution in [3.05, 3.63) is 52.8 Å². The second-order valence-electron chi connectivity index (χ2n) is 6.77. The first-order valence-corrected chi connectivity index (χ1v) is 9.49. The van der Waals surface area contributed by atoms with Gasteiger partial charge in [0.2, 0.25) is 0 Å². The molecule has 2 heterocycles. The Kier molecular flexibility index (Phi) is 4.45. The Balaban J connectivity index is 1.94. The summed E-state index contributed by atoms with van der Waals surface area (Å²) >= 11 is 0. The number of aromatic nitrogens is 3. The van der Waals surface area contributed by atoms with Gasteiger partial charge in [0.25, 0.3) is 0 Å². The zero-order valence-corrected chi connectivity index (χ0v) is 15.4. The van der Waals surface area contributed by atoms with E-state index < -0.39 is 0 Å². The van der Waals surface area contributed by atoms with Gasteiger partial charge in [-0.05, 0) is 31.7 Å². The predicted molar refractivity (Wildman–Crippen MR) is 104 cm³/mol. The van der Waals surface area contributed by atoms with Crippen molar-refractivity contribution in [2.75, 3.05) is 11.9 Å². The van der Waals surface area contributed by atoms with Crippen LogP contribution in [0.2, 0.25) is 0 Å². The molecule has 2 aromatic heterocycles. The molecule has 0 aliphatic heterocycles. The molecule has 0 atom stereocenters. The van der Waals surface area contributed by atoms with Crippen LogP contribution in [0.25, 0.3) is 11.0 Å². The average molecular weight is 348 g/mol. The number of rotatable bonds is 5. The maximum absolute atomic E-state index is 13.4. The number of nitrogens with zero attached hydrogens (tertiary/aromatic N) is 3. The highest BCUT2D eigenvalue weighted by atomic mass is 16.1. The molecule has 0 fully saturated rings. The van der Waals surface area contributed by atoms with Crippen LogP contribution in [-0.2, 0) is 19.4 Å². The molecule has 1 aliphatic rings. The van der Waals surface area contributed by atoms with E-state index in [1.165, 1.54) is 0 Å². The third-order valence-corrected chi connectivity index (χ3v) is 5.11. The molecule has 26 heavy (non-hydrogen) atoms. The molecule has 1 N–H and O–H groups in total. The fraction of sp³-hybridized carbons (Fsp3) is 0.381. The number of benzene rings is 1. The van der Waals surface area contributed by atoms with E-state index in [0.29, 0.717) is 0 Å². The monoisotopic (exact) mass is 348 g/mol. The van der Waals surface area contributed by atoms with Crippen molar-refractivity contribution in [2.45, 2.75) is 46.1 Å². The van der Waals surface area contributed by atoms with Crippen LogP contribution in [0.4, 0.5) is 5.69 Å². The lowest BCUT2D eigenvalue weighted by Crippen LogP contribution is -2.13. The number of nitrogens with one attached hydrogen (secondary N) is 1. The number of carbonyl (C=O) groups is 1. The lowest BCUT2D eigenvalue weighted by atomic mass is 9.98. The van der Waals surface area contributed by atoms with Crippen molar-refractivity contribution in [2.24, 2.45) is 0 Å². The molecule has 1 aliphatic carbocycles. The second-order valence-corrected chi connectivity index (χ2v) is 6.77. The molecule has 3 aromatic rings. The maximum atomic E-state index is 13.4. The van der Waals surface area contributed by atoms with Gasteiger partial charge in [0.05, 0.1) is 28.5 Å². The summed E-state index contributed by atoms with van der Waals surface area (Å²) in [5.41, 5.74) is 5.29. The summed E-state index contributed by atoms with van der Waals surface area (Å²) in [7, 11) is 0. The van der Waals surface area contributed by atoms with Gasteiger partial charge in [-0.15, -0.1) is 0 Å². The van der Waals surface area contributed by atoms with Crippen LogP contribution in [0.1, 0.15) is 53.9 Å². The van der Waals surface area contributed by atoms with Crippen molar-refractivity contribution < 1.29 is 4.79 Å². The quantitative estimate of drug-likeness (QED) is 0.708. The van der Waals surface area contributed by atoms with Gasteiger partial charge in [0, 0.05) is 18.7 Å². The zero-order chi connectivity index (χ0) is 18.1. The van der Waals surface area contributed by atoms with Crippen molar-refractivity contribution in [1.82, 2.24) is 14.8 Å². The summed E-state index contributed by atoms with van der Waals surface area (Å²) in [6, 6.07) is 7.92. The molecular formula is C21H24N4O. The summed E-state index contributed by atoms with van der Waals surface area (Å²) in [6.45, 7) is 5.83. The number of hydrogen-bond acceptors (Lipinski definition) is 4. The van der Waals surface area contributed by atoms with Crippen LogP contribution in [0, 0.1) is 0 Å². The summed E-state index contributed by atoms with van der Waals surface area (Å²) in [4.78, 5) is 18.3. The minimum atomic E-state index is 0.0748. The van der Waals surface area contributed by atoms with E-state index in [4.69, 9.17) is 4.98 Å². The first-order chi connectivity index (χ1) is 12.7. The van der Waals surface area contributed by atoms with E-state index in [1.54, 1.807) is 0 Å².